The lowest BCUT2D eigenvalue weighted by atomic mass is 10.1. The summed E-state index contributed by atoms with van der Waals surface area (Å²) in [6.45, 7) is 0.806. The molecule has 0 spiro atoms. The molecule has 112 valence electrons. The molecule has 0 aliphatic heterocycles. The molecule has 0 aliphatic carbocycles. The van der Waals surface area contributed by atoms with Gasteiger partial charge in [-0.05, 0) is 49.1 Å². The Morgan fingerprint density at radius 3 is 2.38 bits per heavy atom. The number of unbranched alkanes of at least 4 members (excludes halogenated alkanes) is 1. The zero-order valence-electron chi connectivity index (χ0n) is 12.5. The molecule has 1 unspecified atom stereocenters. The van der Waals surface area contributed by atoms with Gasteiger partial charge in [-0.2, -0.15) is 0 Å². The molecule has 2 aromatic rings. The van der Waals surface area contributed by atoms with Crippen molar-refractivity contribution >= 4 is 0 Å². The summed E-state index contributed by atoms with van der Waals surface area (Å²) in [6, 6.07) is 17.9. The van der Waals surface area contributed by atoms with Crippen LogP contribution in [0, 0.1) is 0 Å². The van der Waals surface area contributed by atoms with Gasteiger partial charge in [-0.3, -0.25) is 5.32 Å². The first-order valence-electron chi connectivity index (χ1n) is 7.39. The van der Waals surface area contributed by atoms with Gasteiger partial charge in [0.15, 0.2) is 0 Å². The lowest BCUT2D eigenvalue weighted by Gasteiger charge is -2.13. The number of aliphatic hydroxyl groups is 1. The molecule has 0 radical (unpaired) electrons. The van der Waals surface area contributed by atoms with Gasteiger partial charge in [0.05, 0.1) is 7.11 Å². The zero-order chi connectivity index (χ0) is 14.9. The number of methoxy groups -OCH3 is 1. The fraction of sp³-hybridized carbons (Fsp3) is 0.333. The van der Waals surface area contributed by atoms with Crippen LogP contribution in [0.4, 0.5) is 0 Å². The predicted molar refractivity (Wildman–Crippen MR) is 85.3 cm³/mol. The van der Waals surface area contributed by atoms with Crippen LogP contribution in [0.3, 0.4) is 0 Å². The van der Waals surface area contributed by atoms with Crippen LogP contribution in [-0.2, 0) is 6.42 Å². The zero-order valence-corrected chi connectivity index (χ0v) is 12.5. The van der Waals surface area contributed by atoms with Gasteiger partial charge >= 0.3 is 0 Å². The van der Waals surface area contributed by atoms with E-state index in [1.807, 2.05) is 30.3 Å². The van der Waals surface area contributed by atoms with Crippen LogP contribution in [-0.4, -0.2) is 18.8 Å². The second-order valence-corrected chi connectivity index (χ2v) is 5.07. The Labute approximate surface area is 126 Å². The fourth-order valence-corrected chi connectivity index (χ4v) is 2.24. The van der Waals surface area contributed by atoms with E-state index in [-0.39, 0.29) is 0 Å². The first-order valence-corrected chi connectivity index (χ1v) is 7.39. The molecule has 21 heavy (non-hydrogen) atoms. The molecule has 2 aromatic carbocycles. The van der Waals surface area contributed by atoms with Crippen LogP contribution in [0.5, 0.6) is 5.75 Å². The van der Waals surface area contributed by atoms with Gasteiger partial charge in [0, 0.05) is 0 Å². The van der Waals surface area contributed by atoms with Crippen LogP contribution in [0.2, 0.25) is 0 Å². The van der Waals surface area contributed by atoms with Crippen molar-refractivity contribution in [2.75, 3.05) is 13.7 Å². The lowest BCUT2D eigenvalue weighted by Crippen LogP contribution is -2.22. The lowest BCUT2D eigenvalue weighted by molar-refractivity contribution is 0.138. The minimum absolute atomic E-state index is 0.618. The van der Waals surface area contributed by atoms with Gasteiger partial charge in [0.25, 0.3) is 0 Å². The summed E-state index contributed by atoms with van der Waals surface area (Å²) in [4.78, 5) is 0. The van der Waals surface area contributed by atoms with Crippen LogP contribution in [0.1, 0.15) is 30.2 Å². The Hall–Kier alpha value is -1.84. The summed E-state index contributed by atoms with van der Waals surface area (Å²) < 4.78 is 5.10. The molecule has 0 aromatic heterocycles. The Balaban J connectivity index is 1.65. The first kappa shape index (κ1) is 15.5. The van der Waals surface area contributed by atoms with E-state index in [0.29, 0.717) is 0 Å². The van der Waals surface area contributed by atoms with E-state index in [1.165, 1.54) is 5.56 Å². The highest BCUT2D eigenvalue weighted by Crippen LogP contribution is 2.15. The van der Waals surface area contributed by atoms with Crippen molar-refractivity contribution in [1.82, 2.24) is 5.32 Å². The molecule has 0 fully saturated rings. The largest absolute Gasteiger partial charge is 0.497 e. The van der Waals surface area contributed by atoms with Gasteiger partial charge < -0.3 is 9.84 Å². The average Bonchev–Trinajstić information content (AvgIpc) is 2.55. The van der Waals surface area contributed by atoms with Crippen molar-refractivity contribution < 1.29 is 9.84 Å². The minimum atomic E-state index is -0.618. The monoisotopic (exact) mass is 285 g/mol. The maximum absolute atomic E-state index is 10.0. The van der Waals surface area contributed by atoms with E-state index in [1.54, 1.807) is 7.11 Å². The summed E-state index contributed by atoms with van der Waals surface area (Å²) in [5.41, 5.74) is 2.23. The maximum atomic E-state index is 10.0. The van der Waals surface area contributed by atoms with Crippen molar-refractivity contribution in [3.63, 3.8) is 0 Å². The number of rotatable bonds is 8. The summed E-state index contributed by atoms with van der Waals surface area (Å²) in [5.74, 6) is 0.800. The number of benzene rings is 2. The van der Waals surface area contributed by atoms with Gasteiger partial charge in [0.1, 0.15) is 12.0 Å². The number of aryl methyl sites for hydroxylation is 1. The van der Waals surface area contributed by atoms with Crippen LogP contribution in [0.15, 0.2) is 54.6 Å². The highest BCUT2D eigenvalue weighted by Gasteiger charge is 2.05. The van der Waals surface area contributed by atoms with Gasteiger partial charge in [-0.25, -0.2) is 0 Å². The first-order chi connectivity index (χ1) is 10.3. The molecule has 0 aliphatic rings. The standard InChI is InChI=1S/C18H23NO2/c1-21-17-12-10-16(11-13-17)18(20)19-14-6-5-9-15-7-3-2-4-8-15/h2-4,7-8,10-13,18-20H,5-6,9,14H2,1H3. The van der Waals surface area contributed by atoms with Crippen LogP contribution < -0.4 is 10.1 Å². The predicted octanol–water partition coefficient (Wildman–Crippen LogP) is 3.30. The molecule has 3 heteroatoms. The van der Waals surface area contributed by atoms with Crippen LogP contribution >= 0.6 is 0 Å². The van der Waals surface area contributed by atoms with Crippen molar-refractivity contribution in [3.8, 4) is 5.75 Å². The second-order valence-electron chi connectivity index (χ2n) is 5.07. The molecule has 0 heterocycles. The van der Waals surface area contributed by atoms with Gasteiger partial charge in [0.2, 0.25) is 0 Å². The van der Waals surface area contributed by atoms with E-state index in [9.17, 15) is 5.11 Å². The number of nitrogens with one attached hydrogen (secondary N) is 1. The molecular weight excluding hydrogens is 262 g/mol. The van der Waals surface area contributed by atoms with Crippen molar-refractivity contribution in [3.05, 3.63) is 65.7 Å². The smallest absolute Gasteiger partial charge is 0.131 e. The third-order valence-corrected chi connectivity index (χ3v) is 3.50. The quantitative estimate of drug-likeness (QED) is 0.577. The normalized spacial score (nSPS) is 12.1. The van der Waals surface area contributed by atoms with E-state index in [4.69, 9.17) is 4.74 Å². The molecular formula is C18H23NO2. The minimum Gasteiger partial charge on any atom is -0.497 e. The molecule has 0 saturated heterocycles. The highest BCUT2D eigenvalue weighted by molar-refractivity contribution is 5.28. The number of aliphatic hydroxyl groups excluding tert-OH is 1. The average molecular weight is 285 g/mol. The fourth-order valence-electron chi connectivity index (χ4n) is 2.24. The molecule has 0 amide bonds. The van der Waals surface area contributed by atoms with Crippen molar-refractivity contribution in [2.24, 2.45) is 0 Å². The number of hydrogen-bond donors (Lipinski definition) is 2. The summed E-state index contributed by atoms with van der Waals surface area (Å²) in [5, 5.41) is 13.2. The summed E-state index contributed by atoms with van der Waals surface area (Å²) in [6.07, 6.45) is 2.63. The number of hydrogen-bond acceptors (Lipinski definition) is 3. The molecule has 0 saturated carbocycles. The third kappa shape index (κ3) is 5.21. The molecule has 3 nitrogen and oxygen atoms in total. The molecule has 2 N–H and O–H groups in total. The molecule has 1 atom stereocenters. The van der Waals surface area contributed by atoms with Crippen molar-refractivity contribution in [2.45, 2.75) is 25.5 Å². The van der Waals surface area contributed by atoms with Crippen molar-refractivity contribution in [1.29, 1.82) is 0 Å². The Bertz CT molecular complexity index is 511. The third-order valence-electron chi connectivity index (χ3n) is 3.50. The van der Waals surface area contributed by atoms with E-state index < -0.39 is 6.23 Å². The van der Waals surface area contributed by atoms with Crippen LogP contribution in [0.25, 0.3) is 0 Å². The Kier molecular flexibility index (Phi) is 6.25. The SMILES string of the molecule is COc1ccc(C(O)NCCCCc2ccccc2)cc1. The Morgan fingerprint density at radius 2 is 1.71 bits per heavy atom. The second kappa shape index (κ2) is 8.45. The number of ether oxygens (including phenoxy) is 1. The highest BCUT2D eigenvalue weighted by atomic mass is 16.5. The summed E-state index contributed by atoms with van der Waals surface area (Å²) >= 11 is 0. The topological polar surface area (TPSA) is 41.5 Å². The maximum Gasteiger partial charge on any atom is 0.131 e. The molecule has 2 rings (SSSR count). The molecule has 0 bridgehead atoms. The Morgan fingerprint density at radius 1 is 1.00 bits per heavy atom. The van der Waals surface area contributed by atoms with E-state index >= 15 is 0 Å². The van der Waals surface area contributed by atoms with E-state index in [2.05, 4.69) is 29.6 Å². The van der Waals surface area contributed by atoms with E-state index in [0.717, 1.165) is 37.1 Å². The van der Waals surface area contributed by atoms with Gasteiger partial charge in [-0.1, -0.05) is 42.5 Å². The summed E-state index contributed by atoms with van der Waals surface area (Å²) in [7, 11) is 1.64. The van der Waals surface area contributed by atoms with Gasteiger partial charge in [-0.15, -0.1) is 0 Å².